The van der Waals surface area contributed by atoms with Gasteiger partial charge in [-0.25, -0.2) is 4.79 Å². The number of nitrogen functional groups attached to an aromatic ring is 1. The van der Waals surface area contributed by atoms with Crippen LogP contribution in [-0.4, -0.2) is 49.7 Å². The van der Waals surface area contributed by atoms with Crippen LogP contribution in [0.2, 0.25) is 0 Å². The first kappa shape index (κ1) is 14.3. The zero-order valence-electron chi connectivity index (χ0n) is 11.6. The number of nitrogens with two attached hydrogens (primary N) is 1. The Labute approximate surface area is 117 Å². The molecule has 0 aromatic heterocycles. The van der Waals surface area contributed by atoms with E-state index in [2.05, 4.69) is 4.74 Å². The Balaban J connectivity index is 2.12. The lowest BCUT2D eigenvalue weighted by Crippen LogP contribution is -2.48. The van der Waals surface area contributed by atoms with Crippen LogP contribution in [0.1, 0.15) is 15.9 Å². The van der Waals surface area contributed by atoms with E-state index in [0.717, 1.165) is 5.56 Å². The van der Waals surface area contributed by atoms with Crippen molar-refractivity contribution in [3.8, 4) is 0 Å². The van der Waals surface area contributed by atoms with E-state index in [0.29, 0.717) is 24.4 Å². The molecule has 1 saturated heterocycles. The topological polar surface area (TPSA) is 81.9 Å². The average molecular weight is 278 g/mol. The minimum atomic E-state index is -0.722. The van der Waals surface area contributed by atoms with Crippen molar-refractivity contribution in [1.29, 1.82) is 0 Å². The highest BCUT2D eigenvalue weighted by Crippen LogP contribution is 2.16. The Morgan fingerprint density at radius 1 is 1.45 bits per heavy atom. The lowest BCUT2D eigenvalue weighted by Gasteiger charge is -2.31. The van der Waals surface area contributed by atoms with Crippen LogP contribution in [0, 0.1) is 6.92 Å². The van der Waals surface area contributed by atoms with Gasteiger partial charge >= 0.3 is 5.97 Å². The van der Waals surface area contributed by atoms with Crippen LogP contribution in [0.5, 0.6) is 0 Å². The van der Waals surface area contributed by atoms with E-state index >= 15 is 0 Å². The number of carbonyl (C=O) groups is 2. The van der Waals surface area contributed by atoms with Crippen LogP contribution in [0.15, 0.2) is 18.2 Å². The zero-order valence-corrected chi connectivity index (χ0v) is 11.6. The monoisotopic (exact) mass is 278 g/mol. The Morgan fingerprint density at radius 2 is 2.20 bits per heavy atom. The highest BCUT2D eigenvalue weighted by molar-refractivity contribution is 5.95. The summed E-state index contributed by atoms with van der Waals surface area (Å²) in [5.41, 5.74) is 7.83. The summed E-state index contributed by atoms with van der Waals surface area (Å²) in [7, 11) is 1.30. The number of anilines is 1. The maximum atomic E-state index is 12.4. The molecule has 1 unspecified atom stereocenters. The van der Waals surface area contributed by atoms with Crippen LogP contribution in [0.4, 0.5) is 5.69 Å². The Bertz CT molecular complexity index is 530. The molecule has 108 valence electrons. The van der Waals surface area contributed by atoms with Crippen LogP contribution >= 0.6 is 0 Å². The standard InChI is InChI=1S/C14H18N2O4/c1-9-3-4-10(7-11(9)15)13(17)16-5-6-20-12(8-16)14(18)19-2/h3-4,7,12H,5-6,8,15H2,1-2H3. The molecule has 1 amide bonds. The van der Waals surface area contributed by atoms with Gasteiger partial charge in [-0.3, -0.25) is 4.79 Å². The summed E-state index contributed by atoms with van der Waals surface area (Å²) in [4.78, 5) is 25.4. The first-order chi connectivity index (χ1) is 9.52. The first-order valence-electron chi connectivity index (χ1n) is 6.37. The van der Waals surface area contributed by atoms with Crippen LogP contribution in [0.25, 0.3) is 0 Å². The Morgan fingerprint density at radius 3 is 2.85 bits per heavy atom. The molecular formula is C14H18N2O4. The molecule has 2 N–H and O–H groups in total. The summed E-state index contributed by atoms with van der Waals surface area (Å²) >= 11 is 0. The van der Waals surface area contributed by atoms with Gasteiger partial charge in [-0.15, -0.1) is 0 Å². The summed E-state index contributed by atoms with van der Waals surface area (Å²) in [5, 5.41) is 0. The molecule has 0 bridgehead atoms. The van der Waals surface area contributed by atoms with Crippen molar-refractivity contribution in [2.45, 2.75) is 13.0 Å². The van der Waals surface area contributed by atoms with E-state index in [1.54, 1.807) is 23.1 Å². The second-order valence-corrected chi connectivity index (χ2v) is 4.71. The first-order valence-corrected chi connectivity index (χ1v) is 6.37. The van der Waals surface area contributed by atoms with Gasteiger partial charge in [0, 0.05) is 17.8 Å². The van der Waals surface area contributed by atoms with Crippen molar-refractivity contribution in [3.63, 3.8) is 0 Å². The number of carbonyl (C=O) groups excluding carboxylic acids is 2. The van der Waals surface area contributed by atoms with E-state index in [4.69, 9.17) is 10.5 Å². The number of amides is 1. The molecule has 0 saturated carbocycles. The zero-order chi connectivity index (χ0) is 14.7. The second-order valence-electron chi connectivity index (χ2n) is 4.71. The maximum Gasteiger partial charge on any atom is 0.336 e. The largest absolute Gasteiger partial charge is 0.467 e. The number of hydrogen-bond donors (Lipinski definition) is 1. The summed E-state index contributed by atoms with van der Waals surface area (Å²) in [6.45, 7) is 2.83. The van der Waals surface area contributed by atoms with E-state index in [1.165, 1.54) is 7.11 Å². The van der Waals surface area contributed by atoms with Gasteiger partial charge in [-0.05, 0) is 24.6 Å². The predicted octanol–water partition coefficient (Wildman–Crippen LogP) is 0.591. The van der Waals surface area contributed by atoms with Crippen molar-refractivity contribution in [2.24, 2.45) is 0 Å². The van der Waals surface area contributed by atoms with Crippen molar-refractivity contribution in [3.05, 3.63) is 29.3 Å². The maximum absolute atomic E-state index is 12.4. The quantitative estimate of drug-likeness (QED) is 0.632. The molecular weight excluding hydrogens is 260 g/mol. The molecule has 0 radical (unpaired) electrons. The number of esters is 1. The number of hydrogen-bond acceptors (Lipinski definition) is 5. The highest BCUT2D eigenvalue weighted by atomic mass is 16.6. The molecule has 6 heteroatoms. The summed E-state index contributed by atoms with van der Waals surface area (Å²) < 4.78 is 9.93. The minimum absolute atomic E-state index is 0.158. The highest BCUT2D eigenvalue weighted by Gasteiger charge is 2.30. The molecule has 1 atom stereocenters. The van der Waals surface area contributed by atoms with Gasteiger partial charge in [-0.2, -0.15) is 0 Å². The predicted molar refractivity (Wildman–Crippen MR) is 73.3 cm³/mol. The molecule has 1 aliphatic heterocycles. The molecule has 1 aromatic carbocycles. The second kappa shape index (κ2) is 5.92. The van der Waals surface area contributed by atoms with E-state index < -0.39 is 12.1 Å². The minimum Gasteiger partial charge on any atom is -0.467 e. The van der Waals surface area contributed by atoms with Gasteiger partial charge in [0.2, 0.25) is 0 Å². The molecule has 1 fully saturated rings. The molecule has 0 aliphatic carbocycles. The molecule has 0 spiro atoms. The Kier molecular flexibility index (Phi) is 4.24. The lowest BCUT2D eigenvalue weighted by molar-refractivity contribution is -0.158. The summed E-state index contributed by atoms with van der Waals surface area (Å²) in [6.07, 6.45) is -0.722. The third-order valence-corrected chi connectivity index (χ3v) is 3.34. The van der Waals surface area contributed by atoms with E-state index in [1.807, 2.05) is 6.92 Å². The normalized spacial score (nSPS) is 18.7. The van der Waals surface area contributed by atoms with Gasteiger partial charge in [-0.1, -0.05) is 6.07 Å². The third kappa shape index (κ3) is 2.91. The molecule has 2 rings (SSSR count). The van der Waals surface area contributed by atoms with Crippen LogP contribution in [-0.2, 0) is 14.3 Å². The molecule has 1 aromatic rings. The fraction of sp³-hybridized carbons (Fsp3) is 0.429. The van der Waals surface area contributed by atoms with Gasteiger partial charge in [0.1, 0.15) is 0 Å². The lowest BCUT2D eigenvalue weighted by atomic mass is 10.1. The van der Waals surface area contributed by atoms with Crippen LogP contribution in [0.3, 0.4) is 0 Å². The van der Waals surface area contributed by atoms with Crippen molar-refractivity contribution in [2.75, 3.05) is 32.5 Å². The van der Waals surface area contributed by atoms with Crippen LogP contribution < -0.4 is 5.73 Å². The summed E-state index contributed by atoms with van der Waals surface area (Å²) in [5.74, 6) is -0.625. The number of ether oxygens (including phenoxy) is 2. The van der Waals surface area contributed by atoms with Gasteiger partial charge in [0.25, 0.3) is 5.91 Å². The average Bonchev–Trinajstić information content (AvgIpc) is 2.48. The van der Waals surface area contributed by atoms with E-state index in [-0.39, 0.29) is 12.5 Å². The van der Waals surface area contributed by atoms with Crippen molar-refractivity contribution in [1.82, 2.24) is 4.90 Å². The fourth-order valence-electron chi connectivity index (χ4n) is 2.06. The van der Waals surface area contributed by atoms with Gasteiger partial charge in [0.05, 0.1) is 20.3 Å². The number of morpholine rings is 1. The molecule has 1 aliphatic rings. The third-order valence-electron chi connectivity index (χ3n) is 3.34. The molecule has 20 heavy (non-hydrogen) atoms. The number of nitrogens with zero attached hydrogens (tertiary/aromatic N) is 1. The fourth-order valence-corrected chi connectivity index (χ4v) is 2.06. The van der Waals surface area contributed by atoms with Crippen molar-refractivity contribution >= 4 is 17.6 Å². The van der Waals surface area contributed by atoms with E-state index in [9.17, 15) is 9.59 Å². The molecule has 6 nitrogen and oxygen atoms in total. The summed E-state index contributed by atoms with van der Waals surface area (Å²) in [6, 6.07) is 5.19. The van der Waals surface area contributed by atoms with Gasteiger partial charge in [0.15, 0.2) is 6.10 Å². The van der Waals surface area contributed by atoms with Crippen molar-refractivity contribution < 1.29 is 19.1 Å². The number of aryl methyl sites for hydroxylation is 1. The number of benzene rings is 1. The van der Waals surface area contributed by atoms with Gasteiger partial charge < -0.3 is 20.1 Å². The molecule has 1 heterocycles. The number of rotatable bonds is 2. The smallest absolute Gasteiger partial charge is 0.336 e. The number of methoxy groups -OCH3 is 1. The SMILES string of the molecule is COC(=O)C1CN(C(=O)c2ccc(C)c(N)c2)CCO1. The Hall–Kier alpha value is -2.08.